The standard InChI is InChI=1S/C12H9N3OS/c1-8-4-11(17-14-8)10-6-15-3-2-9(7-16)5-12(15)13-10/h2-7H,1H3. The molecule has 0 atom stereocenters. The molecule has 0 saturated heterocycles. The smallest absolute Gasteiger partial charge is 0.150 e. The first-order chi connectivity index (χ1) is 8.26. The average molecular weight is 243 g/mol. The zero-order chi connectivity index (χ0) is 11.8. The highest BCUT2D eigenvalue weighted by Crippen LogP contribution is 2.24. The van der Waals surface area contributed by atoms with Gasteiger partial charge in [-0.25, -0.2) is 4.98 Å². The van der Waals surface area contributed by atoms with E-state index in [4.69, 9.17) is 0 Å². The van der Waals surface area contributed by atoms with Crippen LogP contribution in [0.15, 0.2) is 30.6 Å². The first-order valence-corrected chi connectivity index (χ1v) is 5.91. The highest BCUT2D eigenvalue weighted by molar-refractivity contribution is 7.09. The molecule has 0 aromatic carbocycles. The Balaban J connectivity index is 2.16. The van der Waals surface area contributed by atoms with Gasteiger partial charge in [-0.3, -0.25) is 4.79 Å². The van der Waals surface area contributed by atoms with E-state index in [1.165, 1.54) is 11.5 Å². The lowest BCUT2D eigenvalue weighted by molar-refractivity contribution is 0.112. The molecule has 0 N–H and O–H groups in total. The second kappa shape index (κ2) is 3.78. The number of rotatable bonds is 2. The van der Waals surface area contributed by atoms with Crippen molar-refractivity contribution >= 4 is 23.5 Å². The van der Waals surface area contributed by atoms with E-state index in [0.717, 1.165) is 28.2 Å². The van der Waals surface area contributed by atoms with Crippen molar-refractivity contribution in [1.82, 2.24) is 13.8 Å². The molecule has 0 fully saturated rings. The van der Waals surface area contributed by atoms with Crippen LogP contribution in [0, 0.1) is 6.92 Å². The molecular formula is C12H9N3OS. The Bertz CT molecular complexity index is 699. The van der Waals surface area contributed by atoms with Gasteiger partial charge in [0.2, 0.25) is 0 Å². The van der Waals surface area contributed by atoms with Crippen molar-refractivity contribution in [2.24, 2.45) is 0 Å². The zero-order valence-electron chi connectivity index (χ0n) is 9.12. The number of carbonyl (C=O) groups is 1. The summed E-state index contributed by atoms with van der Waals surface area (Å²) in [6.45, 7) is 1.96. The lowest BCUT2D eigenvalue weighted by atomic mass is 10.3. The van der Waals surface area contributed by atoms with Crippen LogP contribution in [0.3, 0.4) is 0 Å². The SMILES string of the molecule is Cc1cc(-c2cn3ccc(C=O)cc3n2)sn1. The number of hydrogen-bond donors (Lipinski definition) is 0. The summed E-state index contributed by atoms with van der Waals surface area (Å²) < 4.78 is 6.13. The lowest BCUT2D eigenvalue weighted by Crippen LogP contribution is -1.85. The highest BCUT2D eigenvalue weighted by Gasteiger charge is 2.07. The summed E-state index contributed by atoms with van der Waals surface area (Å²) in [7, 11) is 0. The molecule has 17 heavy (non-hydrogen) atoms. The fourth-order valence-corrected chi connectivity index (χ4v) is 2.38. The van der Waals surface area contributed by atoms with E-state index >= 15 is 0 Å². The summed E-state index contributed by atoms with van der Waals surface area (Å²) in [5, 5.41) is 0. The maximum atomic E-state index is 10.7. The molecule has 3 rings (SSSR count). The zero-order valence-corrected chi connectivity index (χ0v) is 9.94. The minimum absolute atomic E-state index is 0.634. The topological polar surface area (TPSA) is 47.3 Å². The molecular weight excluding hydrogens is 234 g/mol. The molecule has 3 aromatic rings. The van der Waals surface area contributed by atoms with Gasteiger partial charge in [-0.05, 0) is 36.7 Å². The number of carbonyl (C=O) groups excluding carboxylic acids is 1. The molecule has 0 aliphatic rings. The molecule has 4 nitrogen and oxygen atoms in total. The van der Waals surface area contributed by atoms with Crippen LogP contribution in [-0.2, 0) is 0 Å². The second-order valence-electron chi connectivity index (χ2n) is 3.80. The quantitative estimate of drug-likeness (QED) is 0.650. The Hall–Kier alpha value is -2.01. The maximum Gasteiger partial charge on any atom is 0.150 e. The highest BCUT2D eigenvalue weighted by atomic mass is 32.1. The van der Waals surface area contributed by atoms with Gasteiger partial charge in [-0.2, -0.15) is 4.37 Å². The fraction of sp³-hybridized carbons (Fsp3) is 0.0833. The Morgan fingerprint density at radius 1 is 1.41 bits per heavy atom. The minimum atomic E-state index is 0.634. The predicted molar refractivity (Wildman–Crippen MR) is 66.4 cm³/mol. The van der Waals surface area contributed by atoms with Crippen LogP contribution in [0.5, 0.6) is 0 Å². The average Bonchev–Trinajstić information content (AvgIpc) is 2.93. The number of hydrogen-bond acceptors (Lipinski definition) is 4. The van der Waals surface area contributed by atoms with Gasteiger partial charge in [0.15, 0.2) is 0 Å². The molecule has 3 aromatic heterocycles. The third-order valence-corrected chi connectivity index (χ3v) is 3.40. The van der Waals surface area contributed by atoms with Crippen LogP contribution in [0.25, 0.3) is 16.2 Å². The molecule has 0 aliphatic carbocycles. The van der Waals surface area contributed by atoms with Gasteiger partial charge in [-0.1, -0.05) is 0 Å². The van der Waals surface area contributed by atoms with Crippen LogP contribution in [0.4, 0.5) is 0 Å². The van der Waals surface area contributed by atoms with Crippen molar-refractivity contribution in [3.63, 3.8) is 0 Å². The van der Waals surface area contributed by atoms with Crippen LogP contribution < -0.4 is 0 Å². The molecule has 84 valence electrons. The molecule has 0 amide bonds. The summed E-state index contributed by atoms with van der Waals surface area (Å²) >= 11 is 1.43. The molecule has 0 radical (unpaired) electrons. The first-order valence-electron chi connectivity index (χ1n) is 5.14. The third-order valence-electron chi connectivity index (χ3n) is 2.50. The van der Waals surface area contributed by atoms with E-state index < -0.39 is 0 Å². The number of fused-ring (bicyclic) bond motifs is 1. The Labute approximate surface area is 102 Å². The Morgan fingerprint density at radius 2 is 2.29 bits per heavy atom. The summed E-state index contributed by atoms with van der Waals surface area (Å²) in [4.78, 5) is 16.2. The molecule has 5 heteroatoms. The number of nitrogens with zero attached hydrogens (tertiary/aromatic N) is 3. The third kappa shape index (κ3) is 1.74. The van der Waals surface area contributed by atoms with Crippen molar-refractivity contribution in [1.29, 1.82) is 0 Å². The van der Waals surface area contributed by atoms with Gasteiger partial charge in [0.25, 0.3) is 0 Å². The minimum Gasteiger partial charge on any atom is -0.306 e. The van der Waals surface area contributed by atoms with E-state index in [2.05, 4.69) is 9.36 Å². The summed E-state index contributed by atoms with van der Waals surface area (Å²) in [5.41, 5.74) is 3.29. The van der Waals surface area contributed by atoms with E-state index in [1.54, 1.807) is 12.1 Å². The van der Waals surface area contributed by atoms with Crippen molar-refractivity contribution in [2.75, 3.05) is 0 Å². The van der Waals surface area contributed by atoms with Crippen molar-refractivity contribution in [3.05, 3.63) is 41.9 Å². The Morgan fingerprint density at radius 3 is 3.00 bits per heavy atom. The molecule has 0 bridgehead atoms. The number of aromatic nitrogens is 3. The first kappa shape index (κ1) is 10.2. The van der Waals surface area contributed by atoms with Gasteiger partial charge < -0.3 is 4.40 Å². The summed E-state index contributed by atoms with van der Waals surface area (Å²) in [6.07, 6.45) is 4.60. The largest absolute Gasteiger partial charge is 0.306 e. The van der Waals surface area contributed by atoms with E-state index in [9.17, 15) is 4.79 Å². The lowest BCUT2D eigenvalue weighted by Gasteiger charge is -1.91. The van der Waals surface area contributed by atoms with Crippen LogP contribution >= 0.6 is 11.5 Å². The van der Waals surface area contributed by atoms with Crippen LogP contribution in [0.1, 0.15) is 16.1 Å². The van der Waals surface area contributed by atoms with Crippen molar-refractivity contribution in [2.45, 2.75) is 6.92 Å². The number of aldehydes is 1. The molecule has 0 aliphatic heterocycles. The molecule has 0 unspecified atom stereocenters. The summed E-state index contributed by atoms with van der Waals surface area (Å²) in [6, 6.07) is 5.54. The Kier molecular flexibility index (Phi) is 2.26. The molecule has 0 saturated carbocycles. The van der Waals surface area contributed by atoms with E-state index in [1.807, 2.05) is 29.8 Å². The van der Waals surface area contributed by atoms with Crippen LogP contribution in [0.2, 0.25) is 0 Å². The maximum absolute atomic E-state index is 10.7. The van der Waals surface area contributed by atoms with Gasteiger partial charge in [-0.15, -0.1) is 0 Å². The van der Waals surface area contributed by atoms with Crippen LogP contribution in [-0.4, -0.2) is 20.0 Å². The normalized spacial score (nSPS) is 10.9. The number of imidazole rings is 1. The fourth-order valence-electron chi connectivity index (χ4n) is 1.67. The second-order valence-corrected chi connectivity index (χ2v) is 4.61. The summed E-state index contributed by atoms with van der Waals surface area (Å²) in [5.74, 6) is 0. The number of pyridine rings is 1. The van der Waals surface area contributed by atoms with Gasteiger partial charge >= 0.3 is 0 Å². The molecule has 3 heterocycles. The van der Waals surface area contributed by atoms with Gasteiger partial charge in [0.05, 0.1) is 10.6 Å². The predicted octanol–water partition coefficient (Wildman–Crippen LogP) is 2.58. The molecule has 0 spiro atoms. The van der Waals surface area contributed by atoms with Crippen molar-refractivity contribution in [3.8, 4) is 10.6 Å². The monoisotopic (exact) mass is 243 g/mol. The number of aryl methyl sites for hydroxylation is 1. The van der Waals surface area contributed by atoms with Crippen molar-refractivity contribution < 1.29 is 4.79 Å². The van der Waals surface area contributed by atoms with Gasteiger partial charge in [0.1, 0.15) is 17.6 Å². The van der Waals surface area contributed by atoms with E-state index in [0.29, 0.717) is 5.56 Å². The van der Waals surface area contributed by atoms with E-state index in [-0.39, 0.29) is 0 Å². The van der Waals surface area contributed by atoms with Gasteiger partial charge in [0, 0.05) is 18.0 Å².